The van der Waals surface area contributed by atoms with Gasteiger partial charge < -0.3 is 15.5 Å². The molecule has 2 aliphatic heterocycles. The number of carbonyl (C=O) groups is 2. The number of amides is 2. The number of nitrogens with one attached hydrogen (secondary N) is 3. The first-order chi connectivity index (χ1) is 14.7. The maximum atomic E-state index is 14.2. The normalized spacial score (nSPS) is 23.2. The van der Waals surface area contributed by atoms with Gasteiger partial charge in [-0.05, 0) is 42.9 Å². The van der Waals surface area contributed by atoms with Crippen LogP contribution >= 0.6 is 0 Å². The summed E-state index contributed by atoms with van der Waals surface area (Å²) in [6.45, 7) is 7.52. The highest BCUT2D eigenvalue weighted by Gasteiger charge is 2.36. The summed E-state index contributed by atoms with van der Waals surface area (Å²) in [4.78, 5) is 47.4. The average molecular weight is 427 g/mol. The molecule has 1 aromatic carbocycles. The van der Waals surface area contributed by atoms with Crippen molar-refractivity contribution in [2.75, 3.05) is 28.6 Å². The Hall–Kier alpha value is -3.23. The fraction of sp³-hybridized carbons (Fsp3) is 0.455. The molecule has 1 aromatic heterocycles. The summed E-state index contributed by atoms with van der Waals surface area (Å²) < 4.78 is 14.2. The van der Waals surface area contributed by atoms with E-state index in [0.29, 0.717) is 23.3 Å². The van der Waals surface area contributed by atoms with Crippen molar-refractivity contribution in [1.82, 2.24) is 9.97 Å². The van der Waals surface area contributed by atoms with E-state index in [-0.39, 0.29) is 23.5 Å². The molecule has 9 heteroatoms. The van der Waals surface area contributed by atoms with E-state index in [4.69, 9.17) is 0 Å². The monoisotopic (exact) mass is 427 g/mol. The largest absolute Gasteiger partial charge is 0.342 e. The van der Waals surface area contributed by atoms with Crippen LogP contribution in [0.4, 0.5) is 21.8 Å². The Morgan fingerprint density at radius 3 is 2.61 bits per heavy atom. The molecule has 3 atom stereocenters. The molecule has 3 heterocycles. The lowest BCUT2D eigenvalue weighted by Gasteiger charge is -2.35. The molecule has 0 aliphatic carbocycles. The molecule has 0 saturated carbocycles. The molecule has 1 saturated heterocycles. The third-order valence-electron chi connectivity index (χ3n) is 5.81. The standard InChI is InChI=1S/C22H26FN5O3/c1-11-4-5-16(15(23)7-11)24-20(30)14-8-17(29)25-19-18(14)21(31)27-22(26-19)28-9-12(2)6-13(3)10-28/h4-5,7,12-14H,6,8-10H2,1-3H3,(H,24,30)(H2,25,26,27,29,31)/t12-,13-,14-/m1/s1. The molecule has 2 aromatic rings. The van der Waals surface area contributed by atoms with Crippen LogP contribution in [0.5, 0.6) is 0 Å². The molecule has 0 radical (unpaired) electrons. The van der Waals surface area contributed by atoms with E-state index in [1.807, 2.05) is 4.90 Å². The number of hydrogen-bond donors (Lipinski definition) is 3. The van der Waals surface area contributed by atoms with Crippen LogP contribution in [-0.2, 0) is 9.59 Å². The number of hydrogen-bond acceptors (Lipinski definition) is 5. The van der Waals surface area contributed by atoms with Crippen LogP contribution in [0.2, 0.25) is 0 Å². The second-order valence-electron chi connectivity index (χ2n) is 8.78. The average Bonchev–Trinajstić information content (AvgIpc) is 2.68. The van der Waals surface area contributed by atoms with Crippen LogP contribution in [-0.4, -0.2) is 34.9 Å². The summed E-state index contributed by atoms with van der Waals surface area (Å²) >= 11 is 0. The van der Waals surface area contributed by atoms with Gasteiger partial charge in [-0.2, -0.15) is 4.98 Å². The van der Waals surface area contributed by atoms with Gasteiger partial charge in [0.05, 0.1) is 17.2 Å². The Morgan fingerprint density at radius 2 is 1.94 bits per heavy atom. The first-order valence-electron chi connectivity index (χ1n) is 10.5. The van der Waals surface area contributed by atoms with E-state index >= 15 is 0 Å². The van der Waals surface area contributed by atoms with Gasteiger partial charge in [0.25, 0.3) is 5.56 Å². The van der Waals surface area contributed by atoms with E-state index in [0.717, 1.165) is 19.5 Å². The lowest BCUT2D eigenvalue weighted by Crippen LogP contribution is -2.42. The number of fused-ring (bicyclic) bond motifs is 1. The zero-order valence-corrected chi connectivity index (χ0v) is 17.8. The highest BCUT2D eigenvalue weighted by Crippen LogP contribution is 2.31. The van der Waals surface area contributed by atoms with Crippen molar-refractivity contribution in [3.63, 3.8) is 0 Å². The van der Waals surface area contributed by atoms with Crippen LogP contribution in [0.25, 0.3) is 0 Å². The molecule has 164 valence electrons. The third-order valence-corrected chi connectivity index (χ3v) is 5.81. The second kappa shape index (κ2) is 8.13. The molecule has 8 nitrogen and oxygen atoms in total. The number of halogens is 1. The second-order valence-corrected chi connectivity index (χ2v) is 8.78. The summed E-state index contributed by atoms with van der Waals surface area (Å²) in [6, 6.07) is 4.43. The predicted molar refractivity (Wildman–Crippen MR) is 116 cm³/mol. The number of anilines is 3. The van der Waals surface area contributed by atoms with Crippen molar-refractivity contribution in [3.05, 3.63) is 45.5 Å². The number of benzene rings is 1. The maximum Gasteiger partial charge on any atom is 0.258 e. The summed E-state index contributed by atoms with van der Waals surface area (Å²) in [5.74, 6) is -1.32. The lowest BCUT2D eigenvalue weighted by atomic mass is 9.91. The van der Waals surface area contributed by atoms with E-state index in [2.05, 4.69) is 34.4 Å². The van der Waals surface area contributed by atoms with Gasteiger partial charge in [0.15, 0.2) is 0 Å². The third kappa shape index (κ3) is 4.30. The number of carbonyl (C=O) groups excluding carboxylic acids is 2. The van der Waals surface area contributed by atoms with E-state index in [1.54, 1.807) is 13.0 Å². The van der Waals surface area contributed by atoms with E-state index in [1.165, 1.54) is 12.1 Å². The van der Waals surface area contributed by atoms with Gasteiger partial charge in [-0.1, -0.05) is 19.9 Å². The van der Waals surface area contributed by atoms with Crippen molar-refractivity contribution in [1.29, 1.82) is 0 Å². The number of rotatable bonds is 3. The van der Waals surface area contributed by atoms with Crippen LogP contribution in [0.15, 0.2) is 23.0 Å². The Kier molecular flexibility index (Phi) is 5.51. The van der Waals surface area contributed by atoms with Crippen molar-refractivity contribution in [2.24, 2.45) is 11.8 Å². The number of H-pyrrole nitrogens is 1. The maximum absolute atomic E-state index is 14.2. The van der Waals surface area contributed by atoms with Gasteiger partial charge in [-0.3, -0.25) is 19.4 Å². The van der Waals surface area contributed by atoms with Crippen molar-refractivity contribution >= 4 is 29.3 Å². The minimum atomic E-state index is -1.06. The zero-order valence-electron chi connectivity index (χ0n) is 17.8. The van der Waals surface area contributed by atoms with Gasteiger partial charge in [0, 0.05) is 19.5 Å². The van der Waals surface area contributed by atoms with Crippen molar-refractivity contribution in [2.45, 2.75) is 39.5 Å². The minimum absolute atomic E-state index is 0.000400. The fourth-order valence-electron chi connectivity index (χ4n) is 4.51. The van der Waals surface area contributed by atoms with Gasteiger partial charge in [-0.15, -0.1) is 0 Å². The summed E-state index contributed by atoms with van der Waals surface area (Å²) in [6.07, 6.45) is 0.883. The van der Waals surface area contributed by atoms with Crippen molar-refractivity contribution in [3.8, 4) is 0 Å². The number of aromatic amines is 1. The summed E-state index contributed by atoms with van der Waals surface area (Å²) in [7, 11) is 0. The molecule has 0 spiro atoms. The minimum Gasteiger partial charge on any atom is -0.342 e. The van der Waals surface area contributed by atoms with Crippen LogP contribution in [0.3, 0.4) is 0 Å². The Balaban J connectivity index is 1.65. The van der Waals surface area contributed by atoms with Crippen molar-refractivity contribution < 1.29 is 14.0 Å². The number of aromatic nitrogens is 2. The van der Waals surface area contributed by atoms with Gasteiger partial charge in [-0.25, -0.2) is 4.39 Å². The smallest absolute Gasteiger partial charge is 0.258 e. The molecule has 2 aliphatic rings. The molecule has 0 bridgehead atoms. The van der Waals surface area contributed by atoms with Gasteiger partial charge in [0.1, 0.15) is 11.6 Å². The summed E-state index contributed by atoms with van der Waals surface area (Å²) in [5.41, 5.74) is 0.328. The molecule has 4 rings (SSSR count). The molecular formula is C22H26FN5O3. The Morgan fingerprint density at radius 1 is 1.23 bits per heavy atom. The quantitative estimate of drug-likeness (QED) is 0.698. The SMILES string of the molecule is Cc1ccc(NC(=O)[C@@H]2CC(=O)Nc3nc(N4C[C@H](C)C[C@@H](C)C4)[nH]c(=O)c32)c(F)c1. The molecule has 3 N–H and O–H groups in total. The van der Waals surface area contributed by atoms with E-state index < -0.39 is 29.1 Å². The highest BCUT2D eigenvalue weighted by molar-refractivity contribution is 6.04. The number of piperidine rings is 1. The molecule has 2 amide bonds. The summed E-state index contributed by atoms with van der Waals surface area (Å²) in [5, 5.41) is 5.12. The first-order valence-corrected chi connectivity index (χ1v) is 10.5. The molecule has 1 fully saturated rings. The molecule has 31 heavy (non-hydrogen) atoms. The number of aryl methyl sites for hydroxylation is 1. The molecular weight excluding hydrogens is 401 g/mol. The topological polar surface area (TPSA) is 107 Å². The highest BCUT2D eigenvalue weighted by atomic mass is 19.1. The first kappa shape index (κ1) is 21.0. The number of nitrogens with zero attached hydrogens (tertiary/aromatic N) is 2. The zero-order chi connectivity index (χ0) is 22.3. The Bertz CT molecular complexity index is 1090. The van der Waals surface area contributed by atoms with Gasteiger partial charge >= 0.3 is 0 Å². The lowest BCUT2D eigenvalue weighted by molar-refractivity contribution is -0.123. The fourth-order valence-corrected chi connectivity index (χ4v) is 4.51. The van der Waals surface area contributed by atoms with Gasteiger partial charge in [0.2, 0.25) is 17.8 Å². The van der Waals surface area contributed by atoms with E-state index in [9.17, 15) is 18.8 Å². The Labute approximate surface area is 179 Å². The predicted octanol–water partition coefficient (Wildman–Crippen LogP) is 2.76. The van der Waals surface area contributed by atoms with Crippen LogP contribution in [0.1, 0.15) is 43.7 Å². The molecule has 0 unspecified atom stereocenters. The van der Waals surface area contributed by atoms with Crippen LogP contribution in [0, 0.1) is 24.6 Å². The van der Waals surface area contributed by atoms with Crippen LogP contribution < -0.4 is 21.1 Å².